The minimum Gasteiger partial charge on any atom is -0.489 e. The van der Waals surface area contributed by atoms with E-state index in [4.69, 9.17) is 15.0 Å². The van der Waals surface area contributed by atoms with E-state index in [2.05, 4.69) is 10.5 Å². The van der Waals surface area contributed by atoms with Crippen LogP contribution in [0.15, 0.2) is 28.8 Å². The van der Waals surface area contributed by atoms with Crippen LogP contribution in [-0.2, 0) is 6.61 Å². The first-order valence-corrected chi connectivity index (χ1v) is 10.2. The van der Waals surface area contributed by atoms with Crippen molar-refractivity contribution in [1.82, 2.24) is 10.5 Å². The van der Waals surface area contributed by atoms with Crippen molar-refractivity contribution in [3.8, 4) is 5.75 Å². The lowest BCUT2D eigenvalue weighted by Gasteiger charge is -2.45. The summed E-state index contributed by atoms with van der Waals surface area (Å²) in [6.07, 6.45) is 5.61. The van der Waals surface area contributed by atoms with Crippen LogP contribution >= 0.6 is 12.4 Å². The summed E-state index contributed by atoms with van der Waals surface area (Å²) in [7, 11) is 0. The van der Waals surface area contributed by atoms with E-state index in [-0.39, 0.29) is 30.4 Å². The van der Waals surface area contributed by atoms with E-state index in [0.29, 0.717) is 29.8 Å². The Hall–Kier alpha value is -2.05. The number of nitrogens with one attached hydrogen (secondary N) is 1. The number of hydrogen-bond donors (Lipinski definition) is 2. The number of benzene rings is 1. The van der Waals surface area contributed by atoms with Crippen LogP contribution in [0.4, 0.5) is 0 Å². The molecule has 2 aliphatic carbocycles. The van der Waals surface area contributed by atoms with Gasteiger partial charge in [0.15, 0.2) is 0 Å². The van der Waals surface area contributed by atoms with Gasteiger partial charge >= 0.3 is 0 Å². The fourth-order valence-electron chi connectivity index (χ4n) is 4.85. The van der Waals surface area contributed by atoms with Gasteiger partial charge in [0, 0.05) is 17.6 Å². The minimum absolute atomic E-state index is 0. The number of halogens is 1. The number of aryl methyl sites for hydroxylation is 2. The Kier molecular flexibility index (Phi) is 6.85. The number of hydrogen-bond acceptors (Lipinski definition) is 5. The maximum atomic E-state index is 12.9. The molecule has 4 rings (SSSR count). The molecule has 6 nitrogen and oxygen atoms in total. The highest BCUT2D eigenvalue weighted by atomic mass is 35.5. The van der Waals surface area contributed by atoms with Crippen LogP contribution in [0.2, 0.25) is 0 Å². The van der Waals surface area contributed by atoms with Crippen LogP contribution < -0.4 is 15.8 Å². The van der Waals surface area contributed by atoms with Gasteiger partial charge in [-0.1, -0.05) is 17.6 Å². The molecule has 2 unspecified atom stereocenters. The van der Waals surface area contributed by atoms with E-state index in [1.54, 1.807) is 6.07 Å². The summed E-state index contributed by atoms with van der Waals surface area (Å²) in [6.45, 7) is 4.14. The van der Waals surface area contributed by atoms with Crippen molar-refractivity contribution in [3.05, 3.63) is 46.8 Å². The van der Waals surface area contributed by atoms with E-state index in [1.165, 1.54) is 6.42 Å². The van der Waals surface area contributed by atoms with Crippen LogP contribution in [0.3, 0.4) is 0 Å². The lowest BCUT2D eigenvalue weighted by Crippen LogP contribution is -2.53. The molecule has 0 radical (unpaired) electrons. The third-order valence-electron chi connectivity index (χ3n) is 6.33. The molecule has 0 saturated heterocycles. The van der Waals surface area contributed by atoms with Crippen molar-refractivity contribution < 1.29 is 14.1 Å². The maximum absolute atomic E-state index is 12.9. The van der Waals surface area contributed by atoms with E-state index < -0.39 is 0 Å². The summed E-state index contributed by atoms with van der Waals surface area (Å²) in [4.78, 5) is 12.9. The SMILES string of the molecule is Cc1noc(C)c1COc1cccc(C(=O)NC2C3CCCC2CC(N)C3)c1.Cl. The van der Waals surface area contributed by atoms with Crippen LogP contribution in [0, 0.1) is 25.7 Å². The first-order valence-electron chi connectivity index (χ1n) is 10.2. The van der Waals surface area contributed by atoms with Gasteiger partial charge in [0.25, 0.3) is 5.91 Å². The molecule has 2 saturated carbocycles. The molecule has 29 heavy (non-hydrogen) atoms. The van der Waals surface area contributed by atoms with Crippen molar-refractivity contribution in [1.29, 1.82) is 0 Å². The summed E-state index contributed by atoms with van der Waals surface area (Å²) in [5.74, 6) is 2.41. The van der Waals surface area contributed by atoms with Crippen molar-refractivity contribution >= 4 is 18.3 Å². The minimum atomic E-state index is -0.0276. The molecule has 2 aliphatic rings. The van der Waals surface area contributed by atoms with Gasteiger partial charge in [-0.25, -0.2) is 0 Å². The fourth-order valence-corrected chi connectivity index (χ4v) is 4.85. The smallest absolute Gasteiger partial charge is 0.251 e. The monoisotopic (exact) mass is 419 g/mol. The van der Waals surface area contributed by atoms with Crippen molar-refractivity contribution in [2.75, 3.05) is 0 Å². The average Bonchev–Trinajstić information content (AvgIpc) is 2.99. The van der Waals surface area contributed by atoms with Gasteiger partial charge < -0.3 is 20.3 Å². The van der Waals surface area contributed by atoms with E-state index in [1.807, 2.05) is 32.0 Å². The lowest BCUT2D eigenvalue weighted by molar-refractivity contribution is 0.0755. The number of amides is 1. The molecule has 1 amide bonds. The number of aromatic nitrogens is 1. The second-order valence-corrected chi connectivity index (χ2v) is 8.30. The second kappa shape index (κ2) is 9.18. The summed E-state index contributed by atoms with van der Waals surface area (Å²) in [5, 5.41) is 7.24. The van der Waals surface area contributed by atoms with Crippen LogP contribution in [0.5, 0.6) is 5.75 Å². The van der Waals surface area contributed by atoms with Crippen molar-refractivity contribution in [2.24, 2.45) is 17.6 Å². The molecule has 2 fully saturated rings. The molecule has 7 heteroatoms. The molecule has 2 aromatic rings. The summed E-state index contributed by atoms with van der Waals surface area (Å²) < 4.78 is 11.1. The van der Waals surface area contributed by atoms with Gasteiger partial charge in [-0.2, -0.15) is 0 Å². The Bertz CT molecular complexity index is 820. The lowest BCUT2D eigenvalue weighted by atomic mass is 9.67. The molecule has 158 valence electrons. The largest absolute Gasteiger partial charge is 0.489 e. The first kappa shape index (κ1) is 21.7. The van der Waals surface area contributed by atoms with Crippen molar-refractivity contribution in [3.63, 3.8) is 0 Å². The van der Waals surface area contributed by atoms with Crippen LogP contribution in [0.1, 0.15) is 59.5 Å². The highest BCUT2D eigenvalue weighted by Crippen LogP contribution is 2.39. The van der Waals surface area contributed by atoms with E-state index in [9.17, 15) is 4.79 Å². The number of nitrogens with two attached hydrogens (primary N) is 1. The Morgan fingerprint density at radius 3 is 2.66 bits per heavy atom. The molecular weight excluding hydrogens is 390 g/mol. The van der Waals surface area contributed by atoms with Crippen LogP contribution in [0.25, 0.3) is 0 Å². The first-order chi connectivity index (χ1) is 13.5. The highest BCUT2D eigenvalue weighted by molar-refractivity contribution is 5.94. The number of carbonyl (C=O) groups is 1. The Morgan fingerprint density at radius 1 is 1.28 bits per heavy atom. The normalized spacial score (nSPS) is 25.8. The Morgan fingerprint density at radius 2 is 2.00 bits per heavy atom. The average molecular weight is 420 g/mol. The number of rotatable bonds is 5. The highest BCUT2D eigenvalue weighted by Gasteiger charge is 2.39. The molecule has 2 atom stereocenters. The molecular formula is C22H30ClN3O3. The molecule has 0 aliphatic heterocycles. The van der Waals surface area contributed by atoms with Gasteiger partial charge in [-0.15, -0.1) is 12.4 Å². The molecule has 0 spiro atoms. The third-order valence-corrected chi connectivity index (χ3v) is 6.33. The second-order valence-electron chi connectivity index (χ2n) is 8.30. The third kappa shape index (κ3) is 4.75. The summed E-state index contributed by atoms with van der Waals surface area (Å²) >= 11 is 0. The van der Waals surface area contributed by atoms with Gasteiger partial charge in [-0.05, 0) is 69.6 Å². The Labute approximate surface area is 178 Å². The summed E-state index contributed by atoms with van der Waals surface area (Å²) in [6, 6.07) is 7.89. The van der Waals surface area contributed by atoms with Gasteiger partial charge in [0.05, 0.1) is 11.3 Å². The van der Waals surface area contributed by atoms with Crippen LogP contribution in [-0.4, -0.2) is 23.1 Å². The molecule has 3 N–H and O–H groups in total. The number of fused-ring (bicyclic) bond motifs is 2. The van der Waals surface area contributed by atoms with Crippen molar-refractivity contribution in [2.45, 2.75) is 64.6 Å². The standard InChI is InChI=1S/C22H29N3O3.ClH/c1-13-20(14(2)28-25-13)12-27-19-8-4-7-17(11-19)22(26)24-21-15-5-3-6-16(21)10-18(23)9-15;/h4,7-8,11,15-16,18,21H,3,5-6,9-10,12,23H2,1-2H3,(H,24,26);1H. The van der Waals surface area contributed by atoms with Gasteiger partial charge in [-0.3, -0.25) is 4.79 Å². The maximum Gasteiger partial charge on any atom is 0.251 e. The predicted molar refractivity (Wildman–Crippen MR) is 113 cm³/mol. The Balaban J connectivity index is 0.00000240. The molecule has 2 bridgehead atoms. The number of carbonyl (C=O) groups excluding carboxylic acids is 1. The van der Waals surface area contributed by atoms with Gasteiger partial charge in [0.1, 0.15) is 18.1 Å². The molecule has 1 aromatic carbocycles. The van der Waals surface area contributed by atoms with E-state index in [0.717, 1.165) is 42.7 Å². The number of ether oxygens (including phenoxy) is 1. The summed E-state index contributed by atoms with van der Waals surface area (Å²) in [5.41, 5.74) is 8.61. The quantitative estimate of drug-likeness (QED) is 0.766. The predicted octanol–water partition coefficient (Wildman–Crippen LogP) is 3.93. The topological polar surface area (TPSA) is 90.4 Å². The van der Waals surface area contributed by atoms with Gasteiger partial charge in [0.2, 0.25) is 0 Å². The molecule has 1 heterocycles. The zero-order valence-electron chi connectivity index (χ0n) is 17.0. The zero-order chi connectivity index (χ0) is 19.7. The molecule has 1 aromatic heterocycles. The zero-order valence-corrected chi connectivity index (χ0v) is 17.8. The fraction of sp³-hybridized carbons (Fsp3) is 0.545. The number of nitrogens with zero attached hydrogens (tertiary/aromatic N) is 1. The van der Waals surface area contributed by atoms with E-state index >= 15 is 0 Å².